The zero-order chi connectivity index (χ0) is 20.8. The standard InChI is InChI=1S/C21H13ClF3N3O/c1-12-9-17-19(26-11-12)18(13-3-2-4-14(10-13)21(23,24)25)27-28(20(17)29)16-7-5-15(22)6-8-16/h2-11H,1H3. The molecule has 8 heteroatoms. The van der Waals surface area contributed by atoms with Crippen LogP contribution in [-0.4, -0.2) is 14.8 Å². The lowest BCUT2D eigenvalue weighted by molar-refractivity contribution is -0.137. The molecule has 0 saturated heterocycles. The average molecular weight is 416 g/mol. The third kappa shape index (κ3) is 3.61. The Morgan fingerprint density at radius 3 is 2.45 bits per heavy atom. The van der Waals surface area contributed by atoms with Crippen molar-refractivity contribution >= 4 is 22.5 Å². The van der Waals surface area contributed by atoms with Crippen LogP contribution >= 0.6 is 11.6 Å². The second kappa shape index (κ2) is 7.00. The molecule has 2 aromatic carbocycles. The van der Waals surface area contributed by atoms with E-state index in [0.717, 1.165) is 22.4 Å². The van der Waals surface area contributed by atoms with Crippen molar-refractivity contribution in [2.24, 2.45) is 0 Å². The van der Waals surface area contributed by atoms with E-state index in [4.69, 9.17) is 11.6 Å². The number of benzene rings is 2. The third-order valence-electron chi connectivity index (χ3n) is 4.41. The van der Waals surface area contributed by atoms with E-state index in [2.05, 4.69) is 10.1 Å². The van der Waals surface area contributed by atoms with Gasteiger partial charge in [0.1, 0.15) is 11.2 Å². The van der Waals surface area contributed by atoms with Crippen LogP contribution in [0.3, 0.4) is 0 Å². The van der Waals surface area contributed by atoms with E-state index in [1.54, 1.807) is 43.5 Å². The lowest BCUT2D eigenvalue weighted by atomic mass is 10.0. The molecule has 4 aromatic rings. The third-order valence-corrected chi connectivity index (χ3v) is 4.66. The number of alkyl halides is 3. The fourth-order valence-electron chi connectivity index (χ4n) is 3.02. The fraction of sp³-hybridized carbons (Fsp3) is 0.0952. The predicted molar refractivity (Wildman–Crippen MR) is 105 cm³/mol. The molecule has 4 rings (SSSR count). The number of pyridine rings is 1. The maximum absolute atomic E-state index is 13.2. The Kier molecular flexibility index (Phi) is 4.62. The van der Waals surface area contributed by atoms with Crippen LogP contribution in [0, 0.1) is 6.92 Å². The van der Waals surface area contributed by atoms with Crippen molar-refractivity contribution < 1.29 is 13.2 Å². The molecule has 29 heavy (non-hydrogen) atoms. The summed E-state index contributed by atoms with van der Waals surface area (Å²) in [6, 6.07) is 12.9. The van der Waals surface area contributed by atoms with Gasteiger partial charge in [0.25, 0.3) is 5.56 Å². The number of nitrogens with zero attached hydrogens (tertiary/aromatic N) is 3. The van der Waals surface area contributed by atoms with Crippen molar-refractivity contribution in [1.82, 2.24) is 14.8 Å². The summed E-state index contributed by atoms with van der Waals surface area (Å²) in [4.78, 5) is 17.3. The van der Waals surface area contributed by atoms with E-state index in [1.807, 2.05) is 0 Å². The molecular weight excluding hydrogens is 403 g/mol. The van der Waals surface area contributed by atoms with Gasteiger partial charge in [0, 0.05) is 16.8 Å². The minimum atomic E-state index is -4.50. The number of halogens is 4. The van der Waals surface area contributed by atoms with E-state index in [1.165, 1.54) is 12.1 Å². The number of aryl methyl sites for hydroxylation is 1. The van der Waals surface area contributed by atoms with Crippen LogP contribution in [0.2, 0.25) is 5.02 Å². The molecule has 0 aliphatic rings. The average Bonchev–Trinajstić information content (AvgIpc) is 2.69. The summed E-state index contributed by atoms with van der Waals surface area (Å²) in [6.45, 7) is 1.78. The lowest BCUT2D eigenvalue weighted by Gasteiger charge is -2.13. The zero-order valence-electron chi connectivity index (χ0n) is 15.0. The first kappa shape index (κ1) is 19.1. The molecule has 0 N–H and O–H groups in total. The first-order chi connectivity index (χ1) is 13.7. The van der Waals surface area contributed by atoms with Crippen LogP contribution in [0.15, 0.2) is 65.6 Å². The minimum Gasteiger partial charge on any atom is -0.267 e. The summed E-state index contributed by atoms with van der Waals surface area (Å²) >= 11 is 5.92. The van der Waals surface area contributed by atoms with Crippen LogP contribution in [0.25, 0.3) is 27.8 Å². The summed E-state index contributed by atoms with van der Waals surface area (Å²) in [6.07, 6.45) is -2.95. The van der Waals surface area contributed by atoms with E-state index in [0.29, 0.717) is 10.7 Å². The van der Waals surface area contributed by atoms with Gasteiger partial charge >= 0.3 is 6.18 Å². The van der Waals surface area contributed by atoms with Crippen molar-refractivity contribution in [2.45, 2.75) is 13.1 Å². The van der Waals surface area contributed by atoms with Gasteiger partial charge in [-0.25, -0.2) is 0 Å². The molecule has 146 valence electrons. The summed E-state index contributed by atoms with van der Waals surface area (Å²) in [5.74, 6) is 0. The van der Waals surface area contributed by atoms with Crippen molar-refractivity contribution in [3.05, 3.63) is 87.3 Å². The Labute approximate surface area is 168 Å². The predicted octanol–water partition coefficient (Wildman–Crippen LogP) is 5.43. The molecule has 0 spiro atoms. The highest BCUT2D eigenvalue weighted by molar-refractivity contribution is 6.30. The van der Waals surface area contributed by atoms with E-state index in [9.17, 15) is 18.0 Å². The minimum absolute atomic E-state index is 0.181. The molecule has 0 unspecified atom stereocenters. The molecule has 0 atom stereocenters. The highest BCUT2D eigenvalue weighted by Gasteiger charge is 2.31. The molecular formula is C21H13ClF3N3O. The molecule has 4 nitrogen and oxygen atoms in total. The summed E-state index contributed by atoms with van der Waals surface area (Å²) in [7, 11) is 0. The second-order valence-corrected chi connectivity index (χ2v) is 6.97. The number of fused-ring (bicyclic) bond motifs is 1. The zero-order valence-corrected chi connectivity index (χ0v) is 15.8. The topological polar surface area (TPSA) is 47.8 Å². The van der Waals surface area contributed by atoms with Gasteiger partial charge in [-0.15, -0.1) is 0 Å². The quantitative estimate of drug-likeness (QED) is 0.438. The number of hydrogen-bond donors (Lipinski definition) is 0. The van der Waals surface area contributed by atoms with Crippen LogP contribution in [-0.2, 0) is 6.18 Å². The van der Waals surface area contributed by atoms with Gasteiger partial charge < -0.3 is 0 Å². The maximum Gasteiger partial charge on any atom is 0.416 e. The second-order valence-electron chi connectivity index (χ2n) is 6.53. The molecule has 0 amide bonds. The molecule has 0 fully saturated rings. The van der Waals surface area contributed by atoms with E-state index >= 15 is 0 Å². The van der Waals surface area contributed by atoms with Crippen molar-refractivity contribution in [1.29, 1.82) is 0 Å². The molecule has 2 heterocycles. The van der Waals surface area contributed by atoms with Crippen LogP contribution in [0.1, 0.15) is 11.1 Å². The van der Waals surface area contributed by atoms with Gasteiger partial charge in [0.2, 0.25) is 0 Å². The summed E-state index contributed by atoms with van der Waals surface area (Å²) in [5, 5.41) is 5.11. The number of aromatic nitrogens is 3. The highest BCUT2D eigenvalue weighted by atomic mass is 35.5. The molecule has 0 saturated carbocycles. The van der Waals surface area contributed by atoms with Crippen LogP contribution in [0.5, 0.6) is 0 Å². The highest BCUT2D eigenvalue weighted by Crippen LogP contribution is 2.33. The Bertz CT molecular complexity index is 1280. The normalized spacial score (nSPS) is 11.8. The first-order valence-corrected chi connectivity index (χ1v) is 8.95. The van der Waals surface area contributed by atoms with Gasteiger partial charge in [0.05, 0.1) is 16.6 Å². The van der Waals surface area contributed by atoms with E-state index in [-0.39, 0.29) is 22.2 Å². The number of rotatable bonds is 2. The molecule has 0 aliphatic carbocycles. The summed E-state index contributed by atoms with van der Waals surface area (Å²) < 4.78 is 40.7. The van der Waals surface area contributed by atoms with Gasteiger partial charge in [0.15, 0.2) is 0 Å². The Morgan fingerprint density at radius 1 is 1.03 bits per heavy atom. The van der Waals surface area contributed by atoms with Crippen molar-refractivity contribution in [3.63, 3.8) is 0 Å². The SMILES string of the molecule is Cc1cnc2c(-c3cccc(C(F)(F)F)c3)nn(-c3ccc(Cl)cc3)c(=O)c2c1. The van der Waals surface area contributed by atoms with Gasteiger partial charge in [-0.05, 0) is 55.0 Å². The lowest BCUT2D eigenvalue weighted by Crippen LogP contribution is -2.22. The van der Waals surface area contributed by atoms with Crippen molar-refractivity contribution in [2.75, 3.05) is 0 Å². The van der Waals surface area contributed by atoms with Crippen molar-refractivity contribution in [3.8, 4) is 16.9 Å². The molecule has 2 aromatic heterocycles. The fourth-order valence-corrected chi connectivity index (χ4v) is 3.15. The van der Waals surface area contributed by atoms with Gasteiger partial charge in [-0.3, -0.25) is 9.78 Å². The maximum atomic E-state index is 13.2. The Balaban J connectivity index is 2.05. The van der Waals surface area contributed by atoms with Gasteiger partial charge in [-0.1, -0.05) is 23.7 Å². The Morgan fingerprint density at radius 2 is 1.76 bits per heavy atom. The van der Waals surface area contributed by atoms with Gasteiger partial charge in [-0.2, -0.15) is 23.0 Å². The molecule has 0 radical (unpaired) electrons. The first-order valence-electron chi connectivity index (χ1n) is 8.57. The smallest absolute Gasteiger partial charge is 0.267 e. The molecule has 0 bridgehead atoms. The van der Waals surface area contributed by atoms with Crippen LogP contribution in [0.4, 0.5) is 13.2 Å². The monoisotopic (exact) mass is 415 g/mol. The Hall–Kier alpha value is -3.19. The summed E-state index contributed by atoms with van der Waals surface area (Å²) in [5.41, 5.74) is 0.597. The molecule has 0 aliphatic heterocycles. The van der Waals surface area contributed by atoms with Crippen LogP contribution < -0.4 is 5.56 Å². The number of hydrogen-bond acceptors (Lipinski definition) is 3. The van der Waals surface area contributed by atoms with E-state index < -0.39 is 17.3 Å². The largest absolute Gasteiger partial charge is 0.416 e.